The van der Waals surface area contributed by atoms with Gasteiger partial charge in [-0.15, -0.1) is 0 Å². The Morgan fingerprint density at radius 1 is 1.04 bits per heavy atom. The van der Waals surface area contributed by atoms with Crippen molar-refractivity contribution in [3.63, 3.8) is 0 Å². The Kier molecular flexibility index (Phi) is 4.44. The molecule has 5 heterocycles. The third-order valence-electron chi connectivity index (χ3n) is 6.85. The highest BCUT2D eigenvalue weighted by atomic mass is 19.1. The maximum absolute atomic E-state index is 13.4. The van der Waals surface area contributed by atoms with Gasteiger partial charge in [0, 0.05) is 55.5 Å². The molecule has 4 saturated heterocycles. The number of fused-ring (bicyclic) bond motifs is 2. The fourth-order valence-electron chi connectivity index (χ4n) is 5.61. The summed E-state index contributed by atoms with van der Waals surface area (Å²) < 4.78 is 13.4. The minimum absolute atomic E-state index is 0.149. The van der Waals surface area contributed by atoms with Crippen LogP contribution in [-0.4, -0.2) is 51.5 Å². The van der Waals surface area contributed by atoms with Crippen LogP contribution in [0, 0.1) is 11.7 Å². The summed E-state index contributed by atoms with van der Waals surface area (Å²) in [5.41, 5.74) is 2.47. The van der Waals surface area contributed by atoms with Gasteiger partial charge in [0.25, 0.3) is 0 Å². The molecule has 5 heteroatoms. The summed E-state index contributed by atoms with van der Waals surface area (Å²) in [7, 11) is 0. The van der Waals surface area contributed by atoms with E-state index >= 15 is 0 Å². The van der Waals surface area contributed by atoms with Crippen molar-refractivity contribution in [1.29, 1.82) is 0 Å². The number of piperidine rings is 3. The molecule has 0 saturated carbocycles. The van der Waals surface area contributed by atoms with Gasteiger partial charge in [0.2, 0.25) is 0 Å². The van der Waals surface area contributed by atoms with Gasteiger partial charge < -0.3 is 0 Å². The van der Waals surface area contributed by atoms with Crippen molar-refractivity contribution in [2.75, 3.05) is 19.6 Å². The molecule has 2 aromatic rings. The molecule has 6 rings (SSSR count). The van der Waals surface area contributed by atoms with Crippen molar-refractivity contribution in [2.45, 2.75) is 50.7 Å². The number of hydrogen-bond donors (Lipinski definition) is 0. The Labute approximate surface area is 160 Å². The van der Waals surface area contributed by atoms with Gasteiger partial charge in [0.05, 0.1) is 0 Å². The highest BCUT2D eigenvalue weighted by Gasteiger charge is 2.53. The molecule has 4 aliphatic rings. The average molecular weight is 366 g/mol. The second kappa shape index (κ2) is 6.95. The fraction of sp³-hybridized carbons (Fsp3) is 0.545. The number of likely N-dealkylation sites (tertiary alicyclic amines) is 1. The second-order valence-corrected chi connectivity index (χ2v) is 8.30. The Morgan fingerprint density at radius 3 is 2.41 bits per heavy atom. The molecule has 0 aliphatic carbocycles. The van der Waals surface area contributed by atoms with Gasteiger partial charge in [-0.2, -0.15) is 0 Å². The van der Waals surface area contributed by atoms with E-state index in [1.165, 1.54) is 37.1 Å². The zero-order valence-electron chi connectivity index (χ0n) is 15.9. The Hall–Kier alpha value is -1.85. The third-order valence-corrected chi connectivity index (χ3v) is 6.85. The first-order valence-electron chi connectivity index (χ1n) is 10.3. The lowest BCUT2D eigenvalue weighted by atomic mass is 9.75. The van der Waals surface area contributed by atoms with Crippen LogP contribution in [0.15, 0.2) is 36.7 Å². The van der Waals surface area contributed by atoms with Crippen molar-refractivity contribution in [3.05, 3.63) is 59.4 Å². The Bertz CT molecular complexity index is 783. The van der Waals surface area contributed by atoms with Gasteiger partial charge >= 0.3 is 0 Å². The molecule has 142 valence electrons. The molecular formula is C22H27FN4. The van der Waals surface area contributed by atoms with Crippen LogP contribution >= 0.6 is 0 Å². The van der Waals surface area contributed by atoms with Gasteiger partial charge in [-0.05, 0) is 49.5 Å². The van der Waals surface area contributed by atoms with Crippen molar-refractivity contribution >= 4 is 0 Å². The summed E-state index contributed by atoms with van der Waals surface area (Å²) in [5, 5.41) is 0. The van der Waals surface area contributed by atoms with Crippen LogP contribution in [-0.2, 0) is 13.0 Å². The fourth-order valence-corrected chi connectivity index (χ4v) is 5.61. The SMILES string of the molecule is CCc1ncc(CN2C[C@@H](c3ccc(F)cc3)[C@@H]3[C@H]2C2CCN3CC2)cn1. The number of aryl methyl sites for hydroxylation is 1. The number of hydrogen-bond acceptors (Lipinski definition) is 4. The van der Waals surface area contributed by atoms with E-state index < -0.39 is 0 Å². The first kappa shape index (κ1) is 17.3. The molecule has 4 nitrogen and oxygen atoms in total. The molecule has 0 spiro atoms. The predicted octanol–water partition coefficient (Wildman–Crippen LogP) is 3.24. The van der Waals surface area contributed by atoms with E-state index in [0.29, 0.717) is 18.0 Å². The van der Waals surface area contributed by atoms with Crippen molar-refractivity contribution < 1.29 is 4.39 Å². The van der Waals surface area contributed by atoms with Crippen molar-refractivity contribution in [3.8, 4) is 0 Å². The van der Waals surface area contributed by atoms with Crippen LogP contribution in [0.2, 0.25) is 0 Å². The summed E-state index contributed by atoms with van der Waals surface area (Å²) in [6.07, 6.45) is 7.47. The normalized spacial score (nSPS) is 32.6. The topological polar surface area (TPSA) is 32.3 Å². The summed E-state index contributed by atoms with van der Waals surface area (Å²) in [6, 6.07) is 8.35. The van der Waals surface area contributed by atoms with Gasteiger partial charge in [0.1, 0.15) is 11.6 Å². The van der Waals surface area contributed by atoms with Crippen LogP contribution in [0.1, 0.15) is 42.6 Å². The molecule has 3 atom stereocenters. The number of nitrogens with zero attached hydrogens (tertiary/aromatic N) is 4. The first-order chi connectivity index (χ1) is 13.2. The molecular weight excluding hydrogens is 339 g/mol. The largest absolute Gasteiger partial charge is 0.298 e. The lowest BCUT2D eigenvalue weighted by Crippen LogP contribution is -2.59. The molecule has 0 N–H and O–H groups in total. The number of rotatable bonds is 4. The van der Waals surface area contributed by atoms with Gasteiger partial charge in [0.15, 0.2) is 0 Å². The first-order valence-corrected chi connectivity index (χ1v) is 10.3. The molecule has 4 aliphatic heterocycles. The lowest BCUT2D eigenvalue weighted by molar-refractivity contribution is -0.00874. The molecule has 0 unspecified atom stereocenters. The monoisotopic (exact) mass is 366 g/mol. The van der Waals surface area contributed by atoms with E-state index in [9.17, 15) is 4.39 Å². The van der Waals surface area contributed by atoms with Gasteiger partial charge in [-0.25, -0.2) is 14.4 Å². The number of benzene rings is 1. The van der Waals surface area contributed by atoms with E-state index in [-0.39, 0.29) is 5.82 Å². The molecule has 0 amide bonds. The number of halogens is 1. The molecule has 1 aromatic carbocycles. The van der Waals surface area contributed by atoms with E-state index in [0.717, 1.165) is 31.3 Å². The number of aromatic nitrogens is 2. The maximum atomic E-state index is 13.4. The Balaban J connectivity index is 1.43. The molecule has 4 fully saturated rings. The zero-order chi connectivity index (χ0) is 18.4. The van der Waals surface area contributed by atoms with E-state index in [1.54, 1.807) is 12.1 Å². The minimum atomic E-state index is -0.149. The highest BCUT2D eigenvalue weighted by molar-refractivity contribution is 5.28. The van der Waals surface area contributed by atoms with E-state index in [4.69, 9.17) is 0 Å². The van der Waals surface area contributed by atoms with Crippen molar-refractivity contribution in [2.24, 2.45) is 5.92 Å². The van der Waals surface area contributed by atoms with E-state index in [2.05, 4.69) is 26.7 Å². The zero-order valence-corrected chi connectivity index (χ0v) is 15.9. The van der Waals surface area contributed by atoms with Crippen LogP contribution in [0.4, 0.5) is 4.39 Å². The summed E-state index contributed by atoms with van der Waals surface area (Å²) in [4.78, 5) is 14.3. The summed E-state index contributed by atoms with van der Waals surface area (Å²) >= 11 is 0. The quantitative estimate of drug-likeness (QED) is 0.832. The molecule has 27 heavy (non-hydrogen) atoms. The van der Waals surface area contributed by atoms with Crippen LogP contribution in [0.5, 0.6) is 0 Å². The van der Waals surface area contributed by atoms with Crippen LogP contribution in [0.25, 0.3) is 0 Å². The van der Waals surface area contributed by atoms with Crippen LogP contribution < -0.4 is 0 Å². The maximum Gasteiger partial charge on any atom is 0.127 e. The van der Waals surface area contributed by atoms with Crippen molar-refractivity contribution in [1.82, 2.24) is 19.8 Å². The van der Waals surface area contributed by atoms with Crippen LogP contribution in [0.3, 0.4) is 0 Å². The summed E-state index contributed by atoms with van der Waals surface area (Å²) in [6.45, 7) is 6.45. The lowest BCUT2D eigenvalue weighted by Gasteiger charge is -2.51. The highest BCUT2D eigenvalue weighted by Crippen LogP contribution is 2.46. The van der Waals surface area contributed by atoms with Gasteiger partial charge in [-0.3, -0.25) is 9.80 Å². The summed E-state index contributed by atoms with van der Waals surface area (Å²) in [5.74, 6) is 1.99. The molecule has 1 aromatic heterocycles. The Morgan fingerprint density at radius 2 is 1.74 bits per heavy atom. The minimum Gasteiger partial charge on any atom is -0.298 e. The smallest absolute Gasteiger partial charge is 0.127 e. The third kappa shape index (κ3) is 3.07. The second-order valence-electron chi connectivity index (χ2n) is 8.30. The predicted molar refractivity (Wildman–Crippen MR) is 103 cm³/mol. The average Bonchev–Trinajstić information content (AvgIpc) is 3.11. The molecule has 2 bridgehead atoms. The van der Waals surface area contributed by atoms with E-state index in [1.807, 2.05) is 24.5 Å². The standard InChI is InChI=1S/C22H27FN4/c1-2-20-24-11-15(12-25-20)13-27-14-19(16-3-5-18(23)6-4-16)22-21(27)17-7-9-26(22)10-8-17/h3-6,11-12,17,19,21-22H,2,7-10,13-14H2,1H3/t19-,21+,22+/m0/s1. The molecule has 0 radical (unpaired) electrons. The van der Waals surface area contributed by atoms with Gasteiger partial charge in [-0.1, -0.05) is 19.1 Å².